The lowest BCUT2D eigenvalue weighted by molar-refractivity contribution is -0.238. The van der Waals surface area contributed by atoms with Gasteiger partial charge in [0.05, 0.1) is 25.4 Å². The molecule has 0 amide bonds. The molecular formula is C8H10F3NO2. The van der Waals surface area contributed by atoms with Crippen molar-refractivity contribution in [2.24, 2.45) is 0 Å². The number of nitriles is 1. The van der Waals surface area contributed by atoms with E-state index >= 15 is 0 Å². The number of rotatable bonds is 4. The van der Waals surface area contributed by atoms with Crippen molar-refractivity contribution >= 4 is 0 Å². The van der Waals surface area contributed by atoms with Gasteiger partial charge in [-0.15, -0.1) is 0 Å². The van der Waals surface area contributed by atoms with E-state index < -0.39 is 18.2 Å². The fraction of sp³-hybridized carbons (Fsp3) is 0.625. The largest absolute Gasteiger partial charge is 0.502 e. The van der Waals surface area contributed by atoms with Crippen molar-refractivity contribution < 1.29 is 23.0 Å². The molecule has 0 saturated heterocycles. The molecule has 0 heterocycles. The summed E-state index contributed by atoms with van der Waals surface area (Å²) >= 11 is 0. The maximum atomic E-state index is 12.2. The van der Waals surface area contributed by atoms with E-state index in [1.807, 2.05) is 0 Å². The third kappa shape index (κ3) is 3.26. The first-order valence-electron chi connectivity index (χ1n) is 3.82. The molecule has 0 aliphatic carbocycles. The van der Waals surface area contributed by atoms with Crippen LogP contribution in [-0.4, -0.2) is 23.5 Å². The van der Waals surface area contributed by atoms with E-state index in [-0.39, 0.29) is 6.61 Å². The first kappa shape index (κ1) is 12.8. The summed E-state index contributed by atoms with van der Waals surface area (Å²) in [6, 6.07) is 1.26. The minimum atomic E-state index is -4.88. The predicted octanol–water partition coefficient (Wildman–Crippen LogP) is 1.74. The van der Waals surface area contributed by atoms with Crippen LogP contribution in [0.5, 0.6) is 0 Å². The van der Waals surface area contributed by atoms with Crippen LogP contribution in [-0.2, 0) is 4.74 Å². The second-order valence-corrected chi connectivity index (χ2v) is 2.51. The summed E-state index contributed by atoms with van der Waals surface area (Å²) in [5.74, 6) is 0. The van der Waals surface area contributed by atoms with Gasteiger partial charge in [-0.05, 0) is 13.0 Å². The fourth-order valence-electron chi connectivity index (χ4n) is 0.631. The summed E-state index contributed by atoms with van der Waals surface area (Å²) in [7, 11) is 0. The van der Waals surface area contributed by atoms with Gasteiger partial charge in [0.15, 0.2) is 5.60 Å². The maximum absolute atomic E-state index is 12.2. The monoisotopic (exact) mass is 209 g/mol. The zero-order valence-corrected chi connectivity index (χ0v) is 7.51. The Morgan fingerprint density at radius 3 is 2.43 bits per heavy atom. The first-order valence-corrected chi connectivity index (χ1v) is 3.82. The van der Waals surface area contributed by atoms with Crippen LogP contribution < -0.4 is 0 Å². The Kier molecular flexibility index (Phi) is 4.44. The van der Waals surface area contributed by atoms with E-state index in [1.54, 1.807) is 6.92 Å². The molecule has 0 saturated carbocycles. The van der Waals surface area contributed by atoms with Crippen LogP contribution in [0.4, 0.5) is 13.2 Å². The molecule has 0 aromatic carbocycles. The van der Waals surface area contributed by atoms with Crippen LogP contribution in [0.3, 0.4) is 0 Å². The molecule has 1 unspecified atom stereocenters. The van der Waals surface area contributed by atoms with Crippen LogP contribution >= 0.6 is 0 Å². The van der Waals surface area contributed by atoms with Gasteiger partial charge in [0.1, 0.15) is 0 Å². The second kappa shape index (κ2) is 4.86. The van der Waals surface area contributed by atoms with Crippen LogP contribution in [0.1, 0.15) is 13.3 Å². The summed E-state index contributed by atoms with van der Waals surface area (Å²) in [6.07, 6.45) is -4.76. The minimum absolute atomic E-state index is 0.191. The van der Waals surface area contributed by atoms with Gasteiger partial charge in [-0.2, -0.15) is 18.4 Å². The van der Waals surface area contributed by atoms with E-state index in [4.69, 9.17) is 10.4 Å². The summed E-state index contributed by atoms with van der Waals surface area (Å²) in [5, 5.41) is 17.2. The van der Waals surface area contributed by atoms with E-state index in [9.17, 15) is 13.2 Å². The van der Waals surface area contributed by atoms with Crippen molar-refractivity contribution in [3.8, 4) is 6.07 Å². The first-order chi connectivity index (χ1) is 6.37. The van der Waals surface area contributed by atoms with Crippen LogP contribution in [0, 0.1) is 11.3 Å². The Bertz CT molecular complexity index is 244. The molecule has 1 N–H and O–H groups in total. The van der Waals surface area contributed by atoms with Crippen LogP contribution in [0.25, 0.3) is 0 Å². The molecule has 0 bridgehead atoms. The summed E-state index contributed by atoms with van der Waals surface area (Å²) in [6.45, 7) is 1.78. The van der Waals surface area contributed by atoms with Crippen molar-refractivity contribution in [2.45, 2.75) is 25.1 Å². The fourth-order valence-corrected chi connectivity index (χ4v) is 0.631. The normalized spacial score (nSPS) is 16.3. The van der Waals surface area contributed by atoms with Crippen molar-refractivity contribution in [3.63, 3.8) is 0 Å². The quantitative estimate of drug-likeness (QED) is 0.717. The van der Waals surface area contributed by atoms with Gasteiger partial charge in [-0.1, -0.05) is 0 Å². The molecule has 3 nitrogen and oxygen atoms in total. The SMILES string of the molecule is CCOC=CC(O)(CC#N)C(F)(F)F. The molecule has 0 radical (unpaired) electrons. The number of nitrogens with zero attached hydrogens (tertiary/aromatic N) is 1. The third-order valence-electron chi connectivity index (χ3n) is 1.45. The predicted molar refractivity (Wildman–Crippen MR) is 42.0 cm³/mol. The molecule has 0 fully saturated rings. The summed E-state index contributed by atoms with van der Waals surface area (Å²) < 4.78 is 41.2. The highest BCUT2D eigenvalue weighted by Crippen LogP contribution is 2.33. The molecule has 0 aliphatic rings. The Hall–Kier alpha value is -1.22. The average molecular weight is 209 g/mol. The molecule has 1 atom stereocenters. The maximum Gasteiger partial charge on any atom is 0.422 e. The lowest BCUT2D eigenvalue weighted by atomic mass is 10.0. The van der Waals surface area contributed by atoms with Gasteiger partial charge in [0.2, 0.25) is 0 Å². The Labute approximate surface area is 79.4 Å². The van der Waals surface area contributed by atoms with Crippen LogP contribution in [0.2, 0.25) is 0 Å². The number of hydrogen-bond acceptors (Lipinski definition) is 3. The summed E-state index contributed by atoms with van der Waals surface area (Å²) in [4.78, 5) is 0. The van der Waals surface area contributed by atoms with E-state index in [0.717, 1.165) is 6.26 Å². The number of hydrogen-bond donors (Lipinski definition) is 1. The molecular weight excluding hydrogens is 199 g/mol. The summed E-state index contributed by atoms with van der Waals surface area (Å²) in [5.41, 5.74) is -3.13. The van der Waals surface area contributed by atoms with Crippen molar-refractivity contribution in [3.05, 3.63) is 12.3 Å². The van der Waals surface area contributed by atoms with Gasteiger partial charge in [-0.3, -0.25) is 0 Å². The van der Waals surface area contributed by atoms with E-state index in [1.165, 1.54) is 6.07 Å². The topological polar surface area (TPSA) is 53.2 Å². The molecule has 0 rings (SSSR count). The lowest BCUT2D eigenvalue weighted by Crippen LogP contribution is -2.43. The zero-order chi connectivity index (χ0) is 11.2. The van der Waals surface area contributed by atoms with Crippen molar-refractivity contribution in [1.82, 2.24) is 0 Å². The lowest BCUT2D eigenvalue weighted by Gasteiger charge is -2.24. The molecule has 0 aromatic rings. The number of aliphatic hydroxyl groups is 1. The Morgan fingerprint density at radius 1 is 1.50 bits per heavy atom. The number of alkyl halides is 3. The zero-order valence-electron chi connectivity index (χ0n) is 7.51. The number of ether oxygens (including phenoxy) is 1. The molecule has 0 spiro atoms. The van der Waals surface area contributed by atoms with Crippen LogP contribution in [0.15, 0.2) is 12.3 Å². The Morgan fingerprint density at radius 2 is 2.07 bits per heavy atom. The van der Waals surface area contributed by atoms with Gasteiger partial charge in [0.25, 0.3) is 0 Å². The average Bonchev–Trinajstić information content (AvgIpc) is 2.03. The smallest absolute Gasteiger partial charge is 0.422 e. The molecule has 14 heavy (non-hydrogen) atoms. The van der Waals surface area contributed by atoms with E-state index in [2.05, 4.69) is 4.74 Å². The van der Waals surface area contributed by atoms with Crippen molar-refractivity contribution in [1.29, 1.82) is 5.26 Å². The molecule has 80 valence electrons. The molecule has 6 heteroatoms. The minimum Gasteiger partial charge on any atom is -0.502 e. The molecule has 0 aromatic heterocycles. The number of halogens is 3. The standard InChI is InChI=1S/C8H10F3NO2/c1-2-14-6-4-7(13,3-5-12)8(9,10)11/h4,6,13H,2-3H2,1H3. The second-order valence-electron chi connectivity index (χ2n) is 2.51. The highest BCUT2D eigenvalue weighted by Gasteiger charge is 2.52. The Balaban J connectivity index is 4.66. The highest BCUT2D eigenvalue weighted by atomic mass is 19.4. The van der Waals surface area contributed by atoms with Gasteiger partial charge < -0.3 is 9.84 Å². The van der Waals surface area contributed by atoms with Crippen molar-refractivity contribution in [2.75, 3.05) is 6.61 Å². The van der Waals surface area contributed by atoms with Gasteiger partial charge >= 0.3 is 6.18 Å². The van der Waals surface area contributed by atoms with Gasteiger partial charge in [0, 0.05) is 0 Å². The molecule has 0 aliphatic heterocycles. The van der Waals surface area contributed by atoms with Gasteiger partial charge in [-0.25, -0.2) is 0 Å². The van der Waals surface area contributed by atoms with E-state index in [0.29, 0.717) is 6.08 Å². The highest BCUT2D eigenvalue weighted by molar-refractivity contribution is 5.07. The third-order valence-corrected chi connectivity index (χ3v) is 1.45.